The average Bonchev–Trinajstić information content (AvgIpc) is 2.12. The van der Waals surface area contributed by atoms with E-state index in [0.29, 0.717) is 16.2 Å². The summed E-state index contributed by atoms with van der Waals surface area (Å²) in [4.78, 5) is 11.8. The van der Waals surface area contributed by atoms with Gasteiger partial charge in [0.15, 0.2) is 5.76 Å². The summed E-state index contributed by atoms with van der Waals surface area (Å²) in [6, 6.07) is 0. The second-order valence-corrected chi connectivity index (χ2v) is 2.90. The third kappa shape index (κ3) is 1.62. The molecular weight excluding hydrogens is 188 g/mol. The summed E-state index contributed by atoms with van der Waals surface area (Å²) in [6.45, 7) is 3.57. The summed E-state index contributed by atoms with van der Waals surface area (Å²) in [5.74, 6) is 0.408. The van der Waals surface area contributed by atoms with Crippen molar-refractivity contribution in [3.05, 3.63) is 34.7 Å². The lowest BCUT2D eigenvalue weighted by molar-refractivity contribution is -0.114. The van der Waals surface area contributed by atoms with Crippen LogP contribution in [0.5, 0.6) is 0 Å². The zero-order chi connectivity index (χ0) is 10.0. The largest absolute Gasteiger partial charge is 0.495 e. The highest BCUT2D eigenvalue weighted by Gasteiger charge is 2.24. The first-order chi connectivity index (χ1) is 6.11. The fourth-order valence-corrected chi connectivity index (χ4v) is 1.35. The van der Waals surface area contributed by atoms with Gasteiger partial charge in [0, 0.05) is 5.57 Å². The predicted octanol–water partition coefficient (Wildman–Crippen LogP) is 1.44. The van der Waals surface area contributed by atoms with E-state index >= 15 is 0 Å². The summed E-state index contributed by atoms with van der Waals surface area (Å²) in [7, 11) is 2.91. The van der Waals surface area contributed by atoms with Gasteiger partial charge in [0.2, 0.25) is 5.78 Å². The Morgan fingerprint density at radius 2 is 2.00 bits per heavy atom. The molecule has 0 saturated carbocycles. The van der Waals surface area contributed by atoms with Crippen molar-refractivity contribution in [1.29, 1.82) is 0 Å². The third-order valence-corrected chi connectivity index (χ3v) is 2.10. The first kappa shape index (κ1) is 9.92. The molecule has 1 aliphatic carbocycles. The molecule has 0 bridgehead atoms. The Kier molecular flexibility index (Phi) is 2.83. The summed E-state index contributed by atoms with van der Waals surface area (Å²) in [5, 5.41) is 0. The molecule has 0 heterocycles. The van der Waals surface area contributed by atoms with Crippen LogP contribution in [0.15, 0.2) is 34.7 Å². The minimum atomic E-state index is -0.256. The van der Waals surface area contributed by atoms with E-state index in [0.717, 1.165) is 0 Å². The molecule has 0 aromatic heterocycles. The first-order valence-electron chi connectivity index (χ1n) is 3.58. The smallest absolute Gasteiger partial charge is 0.228 e. The second-order valence-electron chi connectivity index (χ2n) is 2.45. The molecule has 0 radical (unpaired) electrons. The van der Waals surface area contributed by atoms with Crippen LogP contribution in [0.25, 0.3) is 0 Å². The number of Topliss-reactive ketones (excluding diaryl/α,β-unsaturated/α-hetero) is 1. The summed E-state index contributed by atoms with van der Waals surface area (Å²) < 4.78 is 9.88. The lowest BCUT2D eigenvalue weighted by Crippen LogP contribution is -2.13. The van der Waals surface area contributed by atoms with E-state index in [9.17, 15) is 4.79 Å². The van der Waals surface area contributed by atoms with Crippen LogP contribution in [0.3, 0.4) is 0 Å². The topological polar surface area (TPSA) is 35.5 Å². The third-order valence-electron chi connectivity index (χ3n) is 1.68. The fourth-order valence-electron chi connectivity index (χ4n) is 1.00. The van der Waals surface area contributed by atoms with Gasteiger partial charge in [-0.25, -0.2) is 0 Å². The zero-order valence-corrected chi connectivity index (χ0v) is 8.35. The molecule has 0 amide bonds. The normalized spacial score (nSPS) is 17.3. The Balaban J connectivity index is 3.19. The van der Waals surface area contributed by atoms with E-state index in [1.54, 1.807) is 0 Å². The van der Waals surface area contributed by atoms with E-state index in [-0.39, 0.29) is 11.5 Å². The molecule has 0 unspecified atom stereocenters. The summed E-state index contributed by atoms with van der Waals surface area (Å²) in [5.41, 5.74) is 0.339. The number of rotatable bonds is 2. The van der Waals surface area contributed by atoms with Crippen LogP contribution in [-0.4, -0.2) is 20.0 Å². The first-order valence-corrected chi connectivity index (χ1v) is 4.03. The molecular formula is C9H10O3S. The van der Waals surface area contributed by atoms with Crippen LogP contribution < -0.4 is 0 Å². The van der Waals surface area contributed by atoms with Gasteiger partial charge in [-0.1, -0.05) is 6.58 Å². The highest BCUT2D eigenvalue weighted by atomic mass is 32.1. The predicted molar refractivity (Wildman–Crippen MR) is 52.3 cm³/mol. The highest BCUT2D eigenvalue weighted by molar-refractivity contribution is 7.84. The molecule has 0 aromatic carbocycles. The average molecular weight is 198 g/mol. The van der Waals surface area contributed by atoms with Gasteiger partial charge in [-0.15, -0.1) is 12.6 Å². The summed E-state index contributed by atoms with van der Waals surface area (Å²) >= 11 is 4.11. The lowest BCUT2D eigenvalue weighted by Gasteiger charge is -2.16. The van der Waals surface area contributed by atoms with Gasteiger partial charge >= 0.3 is 0 Å². The Morgan fingerprint density at radius 1 is 1.38 bits per heavy atom. The number of allylic oxidation sites excluding steroid dienone is 2. The second kappa shape index (κ2) is 3.70. The maximum Gasteiger partial charge on any atom is 0.228 e. The van der Waals surface area contributed by atoms with Crippen molar-refractivity contribution in [3.63, 3.8) is 0 Å². The van der Waals surface area contributed by atoms with Gasteiger partial charge in [0.1, 0.15) is 5.76 Å². The Morgan fingerprint density at radius 3 is 2.46 bits per heavy atom. The number of ketones is 1. The molecule has 3 nitrogen and oxygen atoms in total. The highest BCUT2D eigenvalue weighted by Crippen LogP contribution is 2.28. The molecule has 0 aromatic rings. The molecule has 70 valence electrons. The number of carbonyl (C=O) groups is 1. The van der Waals surface area contributed by atoms with Gasteiger partial charge in [-0.3, -0.25) is 4.79 Å². The number of ether oxygens (including phenoxy) is 2. The Bertz CT molecular complexity index is 326. The molecule has 0 aliphatic heterocycles. The Labute approximate surface area is 82.1 Å². The van der Waals surface area contributed by atoms with Crippen molar-refractivity contribution in [2.75, 3.05) is 14.2 Å². The monoisotopic (exact) mass is 198 g/mol. The van der Waals surface area contributed by atoms with Gasteiger partial charge in [0.25, 0.3) is 0 Å². The maximum absolute atomic E-state index is 11.4. The van der Waals surface area contributed by atoms with E-state index in [1.807, 2.05) is 0 Å². The van der Waals surface area contributed by atoms with Crippen molar-refractivity contribution in [1.82, 2.24) is 0 Å². The SMILES string of the molecule is C=C1C=C(OC)C(S)=C(OC)C1=O. The summed E-state index contributed by atoms with van der Waals surface area (Å²) in [6.07, 6.45) is 1.53. The minimum Gasteiger partial charge on any atom is -0.495 e. The minimum absolute atomic E-state index is 0.174. The van der Waals surface area contributed by atoms with Crippen molar-refractivity contribution >= 4 is 18.4 Å². The van der Waals surface area contributed by atoms with Crippen LogP contribution >= 0.6 is 12.6 Å². The van der Waals surface area contributed by atoms with E-state index in [4.69, 9.17) is 9.47 Å². The molecule has 1 aliphatic rings. The number of thiol groups is 1. The molecule has 0 spiro atoms. The van der Waals surface area contributed by atoms with Crippen molar-refractivity contribution < 1.29 is 14.3 Å². The van der Waals surface area contributed by atoms with E-state index in [2.05, 4.69) is 19.2 Å². The van der Waals surface area contributed by atoms with Gasteiger partial charge in [-0.2, -0.15) is 0 Å². The Hall–Kier alpha value is -1.16. The molecule has 0 fully saturated rings. The van der Waals surface area contributed by atoms with Crippen LogP contribution in [0.1, 0.15) is 0 Å². The molecule has 1 rings (SSSR count). The zero-order valence-electron chi connectivity index (χ0n) is 7.46. The standard InChI is InChI=1S/C9H10O3S/c1-5-4-6(11-2)9(13)8(12-3)7(5)10/h4,13H,1H2,2-3H3. The van der Waals surface area contributed by atoms with E-state index < -0.39 is 0 Å². The van der Waals surface area contributed by atoms with E-state index in [1.165, 1.54) is 20.3 Å². The maximum atomic E-state index is 11.4. The molecule has 0 atom stereocenters. The van der Waals surface area contributed by atoms with Crippen molar-refractivity contribution in [3.8, 4) is 0 Å². The number of carbonyl (C=O) groups excluding carboxylic acids is 1. The van der Waals surface area contributed by atoms with Crippen LogP contribution in [0.2, 0.25) is 0 Å². The molecule has 4 heteroatoms. The lowest BCUT2D eigenvalue weighted by atomic mass is 10.1. The number of hydrogen-bond donors (Lipinski definition) is 1. The molecule has 0 saturated heterocycles. The molecule has 13 heavy (non-hydrogen) atoms. The quantitative estimate of drug-likeness (QED) is 0.538. The van der Waals surface area contributed by atoms with Gasteiger partial charge in [0.05, 0.1) is 19.1 Å². The van der Waals surface area contributed by atoms with Crippen LogP contribution in [0, 0.1) is 0 Å². The molecule has 0 N–H and O–H groups in total. The van der Waals surface area contributed by atoms with Crippen LogP contribution in [0.4, 0.5) is 0 Å². The number of methoxy groups -OCH3 is 2. The fraction of sp³-hybridized carbons (Fsp3) is 0.222. The number of hydrogen-bond acceptors (Lipinski definition) is 4. The van der Waals surface area contributed by atoms with Crippen molar-refractivity contribution in [2.45, 2.75) is 0 Å². The van der Waals surface area contributed by atoms with Crippen LogP contribution in [-0.2, 0) is 14.3 Å². The van der Waals surface area contributed by atoms with Crippen molar-refractivity contribution in [2.24, 2.45) is 0 Å². The van der Waals surface area contributed by atoms with Gasteiger partial charge in [-0.05, 0) is 6.08 Å². The van der Waals surface area contributed by atoms with Gasteiger partial charge < -0.3 is 9.47 Å².